The number of rotatable bonds is 3. The van der Waals surface area contributed by atoms with Crippen LogP contribution in [0.2, 0.25) is 0 Å². The van der Waals surface area contributed by atoms with Crippen molar-refractivity contribution in [2.45, 2.75) is 5.09 Å². The first-order valence-electron chi connectivity index (χ1n) is 7.27. The minimum Gasteiger partial charge on any atom is -0.438 e. The Kier molecular flexibility index (Phi) is 4.48. The number of hydrogen-bond acceptors (Lipinski definition) is 6. The summed E-state index contributed by atoms with van der Waals surface area (Å²) in [6.07, 6.45) is 0. The molecule has 1 N–H and O–H groups in total. The summed E-state index contributed by atoms with van der Waals surface area (Å²) in [5.74, 6) is -0.210. The molecular formula is C13H19N3O5S. The number of furan rings is 1. The molecule has 0 atom stereocenters. The molecule has 2 aliphatic heterocycles. The van der Waals surface area contributed by atoms with Crippen molar-refractivity contribution in [1.82, 2.24) is 14.5 Å². The first kappa shape index (κ1) is 15.5. The zero-order valence-electron chi connectivity index (χ0n) is 12.2. The maximum Gasteiger partial charge on any atom is 0.289 e. The van der Waals surface area contributed by atoms with Crippen LogP contribution < -0.4 is 5.32 Å². The fourth-order valence-corrected chi connectivity index (χ4v) is 3.83. The Morgan fingerprint density at radius 2 is 1.77 bits per heavy atom. The number of nitrogens with one attached hydrogen (secondary N) is 1. The summed E-state index contributed by atoms with van der Waals surface area (Å²) in [4.78, 5) is 13.9. The van der Waals surface area contributed by atoms with E-state index >= 15 is 0 Å². The van der Waals surface area contributed by atoms with Gasteiger partial charge < -0.3 is 19.4 Å². The summed E-state index contributed by atoms with van der Waals surface area (Å²) in [5.41, 5.74) is 0. The van der Waals surface area contributed by atoms with Gasteiger partial charge in [0.15, 0.2) is 5.76 Å². The van der Waals surface area contributed by atoms with E-state index in [1.165, 1.54) is 16.4 Å². The van der Waals surface area contributed by atoms with Crippen molar-refractivity contribution >= 4 is 15.9 Å². The summed E-state index contributed by atoms with van der Waals surface area (Å²) in [6, 6.07) is 2.78. The van der Waals surface area contributed by atoms with Gasteiger partial charge in [0.1, 0.15) is 0 Å². The molecule has 0 unspecified atom stereocenters. The van der Waals surface area contributed by atoms with E-state index in [4.69, 9.17) is 9.15 Å². The van der Waals surface area contributed by atoms with Gasteiger partial charge in [0, 0.05) is 39.3 Å². The average molecular weight is 329 g/mol. The number of amides is 1. The van der Waals surface area contributed by atoms with Gasteiger partial charge >= 0.3 is 0 Å². The molecule has 1 amide bonds. The summed E-state index contributed by atoms with van der Waals surface area (Å²) >= 11 is 0. The van der Waals surface area contributed by atoms with Crippen LogP contribution in [0.15, 0.2) is 21.6 Å². The number of carbonyl (C=O) groups is 1. The Hall–Kier alpha value is -1.42. The lowest BCUT2D eigenvalue weighted by molar-refractivity contribution is 0.0688. The van der Waals surface area contributed by atoms with Crippen LogP contribution in [0, 0.1) is 0 Å². The van der Waals surface area contributed by atoms with Crippen molar-refractivity contribution < 1.29 is 22.4 Å². The van der Waals surface area contributed by atoms with E-state index in [0.717, 1.165) is 13.1 Å². The topological polar surface area (TPSA) is 92.1 Å². The zero-order chi connectivity index (χ0) is 15.6. The van der Waals surface area contributed by atoms with Crippen LogP contribution in [0.3, 0.4) is 0 Å². The number of hydrogen-bond donors (Lipinski definition) is 1. The molecule has 0 bridgehead atoms. The Bertz CT molecular complexity index is 630. The summed E-state index contributed by atoms with van der Waals surface area (Å²) in [6.45, 7) is 3.96. The van der Waals surface area contributed by atoms with Crippen LogP contribution in [-0.2, 0) is 14.8 Å². The molecule has 1 aromatic rings. The molecule has 0 aromatic carbocycles. The van der Waals surface area contributed by atoms with Gasteiger partial charge in [-0.25, -0.2) is 8.42 Å². The SMILES string of the molecule is O=C(c1ccc(S(=O)(=O)N2CCOCC2)o1)N1CCNCC1. The standard InChI is InChI=1S/C13H19N3O5S/c17-13(15-5-3-14-4-6-15)11-1-2-12(21-11)22(18,19)16-7-9-20-10-8-16/h1-2,14H,3-10H2. The van der Waals surface area contributed by atoms with E-state index in [0.29, 0.717) is 39.4 Å². The molecule has 2 saturated heterocycles. The smallest absolute Gasteiger partial charge is 0.289 e. The Morgan fingerprint density at radius 1 is 1.09 bits per heavy atom. The third-order valence-electron chi connectivity index (χ3n) is 3.76. The van der Waals surface area contributed by atoms with E-state index in [-0.39, 0.29) is 16.8 Å². The predicted octanol–water partition coefficient (Wildman–Crippen LogP) is -0.654. The average Bonchev–Trinajstić information content (AvgIpc) is 3.06. The molecule has 0 radical (unpaired) electrons. The maximum atomic E-state index is 12.4. The van der Waals surface area contributed by atoms with Gasteiger partial charge in [0.2, 0.25) is 5.09 Å². The molecule has 3 heterocycles. The molecule has 0 spiro atoms. The van der Waals surface area contributed by atoms with Crippen molar-refractivity contribution in [2.75, 3.05) is 52.5 Å². The molecule has 9 heteroatoms. The van der Waals surface area contributed by atoms with Crippen LogP contribution in [-0.4, -0.2) is 76.0 Å². The highest BCUT2D eigenvalue weighted by atomic mass is 32.2. The fraction of sp³-hybridized carbons (Fsp3) is 0.615. The monoisotopic (exact) mass is 329 g/mol. The first-order valence-corrected chi connectivity index (χ1v) is 8.71. The summed E-state index contributed by atoms with van der Waals surface area (Å²) in [7, 11) is -3.70. The molecule has 0 aliphatic carbocycles. The lowest BCUT2D eigenvalue weighted by Gasteiger charge is -2.26. The molecular weight excluding hydrogens is 310 g/mol. The van der Waals surface area contributed by atoms with Crippen LogP contribution in [0.5, 0.6) is 0 Å². The van der Waals surface area contributed by atoms with Crippen LogP contribution in [0.25, 0.3) is 0 Å². The Labute approximate surface area is 129 Å². The van der Waals surface area contributed by atoms with E-state index in [1.54, 1.807) is 4.90 Å². The lowest BCUT2D eigenvalue weighted by Crippen LogP contribution is -2.46. The number of piperazine rings is 1. The normalized spacial score (nSPS) is 21.0. The molecule has 22 heavy (non-hydrogen) atoms. The van der Waals surface area contributed by atoms with Gasteiger partial charge in [0.05, 0.1) is 13.2 Å². The van der Waals surface area contributed by atoms with E-state index < -0.39 is 10.0 Å². The minimum absolute atomic E-state index is 0.0636. The number of sulfonamides is 1. The van der Waals surface area contributed by atoms with Gasteiger partial charge in [0.25, 0.3) is 15.9 Å². The molecule has 3 rings (SSSR count). The maximum absolute atomic E-state index is 12.4. The minimum atomic E-state index is -3.70. The van der Waals surface area contributed by atoms with Crippen molar-refractivity contribution in [3.8, 4) is 0 Å². The first-order chi connectivity index (χ1) is 10.6. The van der Waals surface area contributed by atoms with Crippen molar-refractivity contribution in [2.24, 2.45) is 0 Å². The number of nitrogens with zero attached hydrogens (tertiary/aromatic N) is 2. The van der Waals surface area contributed by atoms with Gasteiger partial charge in [-0.1, -0.05) is 0 Å². The molecule has 2 aliphatic rings. The Morgan fingerprint density at radius 3 is 2.45 bits per heavy atom. The van der Waals surface area contributed by atoms with E-state index in [2.05, 4.69) is 5.32 Å². The molecule has 2 fully saturated rings. The quantitative estimate of drug-likeness (QED) is 0.792. The van der Waals surface area contributed by atoms with E-state index in [9.17, 15) is 13.2 Å². The van der Waals surface area contributed by atoms with Gasteiger partial charge in [-0.2, -0.15) is 4.31 Å². The molecule has 1 aromatic heterocycles. The van der Waals surface area contributed by atoms with Crippen LogP contribution in [0.1, 0.15) is 10.6 Å². The van der Waals surface area contributed by atoms with E-state index in [1.807, 2.05) is 0 Å². The third-order valence-corrected chi connectivity index (χ3v) is 5.53. The van der Waals surface area contributed by atoms with Crippen molar-refractivity contribution in [1.29, 1.82) is 0 Å². The van der Waals surface area contributed by atoms with Crippen LogP contribution >= 0.6 is 0 Å². The molecule has 0 saturated carbocycles. The lowest BCUT2D eigenvalue weighted by atomic mass is 10.3. The zero-order valence-corrected chi connectivity index (χ0v) is 13.0. The fourth-order valence-electron chi connectivity index (χ4n) is 2.51. The van der Waals surface area contributed by atoms with Gasteiger partial charge in [-0.3, -0.25) is 4.79 Å². The van der Waals surface area contributed by atoms with Gasteiger partial charge in [-0.05, 0) is 12.1 Å². The van der Waals surface area contributed by atoms with Crippen molar-refractivity contribution in [3.63, 3.8) is 0 Å². The highest BCUT2D eigenvalue weighted by molar-refractivity contribution is 7.89. The summed E-state index contributed by atoms with van der Waals surface area (Å²) < 4.78 is 36.7. The Balaban J connectivity index is 1.76. The second-order valence-corrected chi connectivity index (χ2v) is 7.05. The number of morpholine rings is 1. The highest BCUT2D eigenvalue weighted by Crippen LogP contribution is 2.20. The molecule has 122 valence electrons. The molecule has 8 nitrogen and oxygen atoms in total. The predicted molar refractivity (Wildman–Crippen MR) is 77.1 cm³/mol. The van der Waals surface area contributed by atoms with Crippen molar-refractivity contribution in [3.05, 3.63) is 17.9 Å². The number of carbonyl (C=O) groups excluding carboxylic acids is 1. The van der Waals surface area contributed by atoms with Gasteiger partial charge in [-0.15, -0.1) is 0 Å². The summed E-state index contributed by atoms with van der Waals surface area (Å²) in [5, 5.41) is 2.97. The number of ether oxygens (including phenoxy) is 1. The second-order valence-electron chi connectivity index (χ2n) is 5.18. The van der Waals surface area contributed by atoms with Crippen LogP contribution in [0.4, 0.5) is 0 Å². The highest BCUT2D eigenvalue weighted by Gasteiger charge is 2.30. The third kappa shape index (κ3) is 3.02. The largest absolute Gasteiger partial charge is 0.438 e. The second kappa shape index (κ2) is 6.37.